The van der Waals surface area contributed by atoms with Crippen molar-refractivity contribution in [1.29, 1.82) is 0 Å². The zero-order chi connectivity index (χ0) is 24.4. The fourth-order valence-corrected chi connectivity index (χ4v) is 6.17. The summed E-state index contributed by atoms with van der Waals surface area (Å²) in [4.78, 5) is 37.4. The summed E-state index contributed by atoms with van der Waals surface area (Å²) in [6, 6.07) is 7.04. The zero-order valence-electron chi connectivity index (χ0n) is 20.1. The smallest absolute Gasteiger partial charge is 0.280 e. The molecule has 1 aliphatic carbocycles. The fraction of sp³-hybridized carbons (Fsp3) is 0.480. The predicted molar refractivity (Wildman–Crippen MR) is 145 cm³/mol. The Morgan fingerprint density at radius 1 is 1.19 bits per heavy atom. The van der Waals surface area contributed by atoms with Gasteiger partial charge in [0.15, 0.2) is 5.01 Å². The molecule has 1 fully saturated rings. The molecule has 11 heteroatoms. The summed E-state index contributed by atoms with van der Waals surface area (Å²) in [5, 5.41) is 8.33. The number of aromatic amines is 1. The highest BCUT2D eigenvalue weighted by molar-refractivity contribution is 7.13. The average Bonchev–Trinajstić information content (AvgIpc) is 3.47. The van der Waals surface area contributed by atoms with Crippen molar-refractivity contribution in [3.8, 4) is 0 Å². The Morgan fingerprint density at radius 2 is 1.94 bits per heavy atom. The van der Waals surface area contributed by atoms with Crippen LogP contribution in [0.3, 0.4) is 0 Å². The second kappa shape index (κ2) is 11.9. The summed E-state index contributed by atoms with van der Waals surface area (Å²) in [5.74, 6) is -0.330. The standard InChI is InChI=1S/C25H30ClN5O3S.ClH/c1-34-11-10-31-9-8-20-22(14-31)35-25(30-20)24(33)29-19-5-3-2-4-18(19)28-23(32)21-13-15-12-16(26)6-7-17(15)27-21;/h6-7,12-13,18-19,27H,2-5,8-11,14H2,1H3,(H,28,32)(H,29,33);1H/t18-,19+;/m0./s1. The normalized spacial score (nSPS) is 19.9. The summed E-state index contributed by atoms with van der Waals surface area (Å²) in [6.07, 6.45) is 4.54. The van der Waals surface area contributed by atoms with Gasteiger partial charge in [0.25, 0.3) is 11.8 Å². The van der Waals surface area contributed by atoms with Crippen LogP contribution in [0.15, 0.2) is 24.3 Å². The molecule has 194 valence electrons. The van der Waals surface area contributed by atoms with Crippen molar-refractivity contribution >= 4 is 58.1 Å². The molecule has 8 nitrogen and oxygen atoms in total. The minimum atomic E-state index is -0.177. The third-order valence-corrected chi connectivity index (χ3v) is 8.16. The molecule has 3 N–H and O–H groups in total. The van der Waals surface area contributed by atoms with Crippen LogP contribution < -0.4 is 10.6 Å². The lowest BCUT2D eigenvalue weighted by atomic mass is 9.90. The van der Waals surface area contributed by atoms with Gasteiger partial charge in [-0.15, -0.1) is 23.7 Å². The van der Waals surface area contributed by atoms with Crippen LogP contribution in [0, 0.1) is 0 Å². The fourth-order valence-electron chi connectivity index (χ4n) is 4.94. The average molecular weight is 553 g/mol. The zero-order valence-corrected chi connectivity index (χ0v) is 22.5. The second-order valence-corrected chi connectivity index (χ2v) is 10.8. The maximum absolute atomic E-state index is 13.1. The lowest BCUT2D eigenvalue weighted by Gasteiger charge is -2.32. The molecule has 2 atom stereocenters. The number of rotatable bonds is 7. The Morgan fingerprint density at radius 3 is 2.69 bits per heavy atom. The molecule has 0 radical (unpaired) electrons. The largest absolute Gasteiger partial charge is 0.383 e. The number of nitrogens with one attached hydrogen (secondary N) is 3. The van der Waals surface area contributed by atoms with Crippen molar-refractivity contribution in [2.45, 2.75) is 50.7 Å². The van der Waals surface area contributed by atoms with Gasteiger partial charge in [-0.05, 0) is 37.1 Å². The minimum absolute atomic E-state index is 0. The van der Waals surface area contributed by atoms with Gasteiger partial charge in [-0.25, -0.2) is 4.98 Å². The van der Waals surface area contributed by atoms with E-state index in [2.05, 4.69) is 25.5 Å². The van der Waals surface area contributed by atoms with Crippen LogP contribution in [0.5, 0.6) is 0 Å². The molecule has 0 unspecified atom stereocenters. The number of benzene rings is 1. The number of amides is 2. The van der Waals surface area contributed by atoms with Crippen LogP contribution >= 0.6 is 35.3 Å². The van der Waals surface area contributed by atoms with Gasteiger partial charge >= 0.3 is 0 Å². The molecular weight excluding hydrogens is 521 g/mol. The molecule has 2 amide bonds. The molecule has 3 heterocycles. The summed E-state index contributed by atoms with van der Waals surface area (Å²) in [6.45, 7) is 3.31. The van der Waals surface area contributed by atoms with Gasteiger partial charge in [-0.1, -0.05) is 24.4 Å². The van der Waals surface area contributed by atoms with E-state index in [9.17, 15) is 9.59 Å². The maximum atomic E-state index is 13.1. The number of carbonyl (C=O) groups excluding carboxylic acids is 2. The van der Waals surface area contributed by atoms with E-state index in [1.54, 1.807) is 13.2 Å². The molecule has 1 saturated carbocycles. The number of carbonyl (C=O) groups is 2. The highest BCUT2D eigenvalue weighted by atomic mass is 35.5. The van der Waals surface area contributed by atoms with Gasteiger partial charge in [-0.2, -0.15) is 0 Å². The monoisotopic (exact) mass is 551 g/mol. The van der Waals surface area contributed by atoms with E-state index in [4.69, 9.17) is 16.3 Å². The number of H-pyrrole nitrogens is 1. The van der Waals surface area contributed by atoms with Gasteiger partial charge in [-0.3, -0.25) is 14.5 Å². The van der Waals surface area contributed by atoms with Crippen molar-refractivity contribution < 1.29 is 14.3 Å². The number of hydrogen-bond acceptors (Lipinski definition) is 6. The van der Waals surface area contributed by atoms with Crippen molar-refractivity contribution in [3.05, 3.63) is 50.6 Å². The molecule has 0 bridgehead atoms. The number of aromatic nitrogens is 2. The van der Waals surface area contributed by atoms with Crippen molar-refractivity contribution in [2.24, 2.45) is 0 Å². The number of fused-ring (bicyclic) bond motifs is 2. The summed E-state index contributed by atoms with van der Waals surface area (Å²) in [5.41, 5.74) is 2.38. The predicted octanol–water partition coefficient (Wildman–Crippen LogP) is 4.18. The quantitative estimate of drug-likeness (QED) is 0.409. The number of ether oxygens (including phenoxy) is 1. The van der Waals surface area contributed by atoms with Crippen LogP contribution in [0.4, 0.5) is 0 Å². The molecule has 3 aromatic rings. The second-order valence-electron chi connectivity index (χ2n) is 9.27. The van der Waals surface area contributed by atoms with Crippen LogP contribution in [0.1, 0.15) is 56.5 Å². The molecule has 1 aromatic carbocycles. The summed E-state index contributed by atoms with van der Waals surface area (Å²) >= 11 is 7.55. The van der Waals surface area contributed by atoms with Crippen LogP contribution in [0.25, 0.3) is 10.9 Å². The molecule has 0 spiro atoms. The van der Waals surface area contributed by atoms with Crippen molar-refractivity contribution in [2.75, 3.05) is 26.8 Å². The number of methoxy groups -OCH3 is 1. The Balaban J connectivity index is 0.00000304. The van der Waals surface area contributed by atoms with E-state index in [1.807, 2.05) is 18.2 Å². The van der Waals surface area contributed by atoms with Gasteiger partial charge < -0.3 is 20.4 Å². The molecule has 2 aliphatic rings. The van der Waals surface area contributed by atoms with E-state index in [0.717, 1.165) is 73.2 Å². The molecule has 36 heavy (non-hydrogen) atoms. The molecular formula is C25H31Cl2N5O3S. The van der Waals surface area contributed by atoms with Crippen LogP contribution in [-0.4, -0.2) is 65.6 Å². The topological polar surface area (TPSA) is 99.3 Å². The van der Waals surface area contributed by atoms with E-state index >= 15 is 0 Å². The van der Waals surface area contributed by atoms with Gasteiger partial charge in [0.1, 0.15) is 5.69 Å². The first kappa shape index (κ1) is 26.9. The first-order valence-corrected chi connectivity index (χ1v) is 13.3. The van der Waals surface area contributed by atoms with E-state index in [0.29, 0.717) is 22.3 Å². The first-order chi connectivity index (χ1) is 17.0. The Bertz CT molecular complexity index is 1230. The number of halogens is 2. The number of nitrogens with zero attached hydrogens (tertiary/aromatic N) is 2. The Hall–Kier alpha value is -2.17. The maximum Gasteiger partial charge on any atom is 0.280 e. The van der Waals surface area contributed by atoms with Crippen LogP contribution in [-0.2, 0) is 17.7 Å². The van der Waals surface area contributed by atoms with Gasteiger partial charge in [0.05, 0.1) is 12.3 Å². The highest BCUT2D eigenvalue weighted by Crippen LogP contribution is 2.26. The third-order valence-electron chi connectivity index (χ3n) is 6.84. The summed E-state index contributed by atoms with van der Waals surface area (Å²) < 4.78 is 5.19. The SMILES string of the molecule is COCCN1CCc2nc(C(=O)N[C@@H]3CCCC[C@@H]3NC(=O)c3cc4cc(Cl)ccc4[nH]3)sc2C1.Cl. The van der Waals surface area contributed by atoms with Gasteiger partial charge in [0.2, 0.25) is 0 Å². The summed E-state index contributed by atoms with van der Waals surface area (Å²) in [7, 11) is 1.71. The number of thiazole rings is 1. The molecule has 1 aliphatic heterocycles. The Kier molecular flexibility index (Phi) is 8.90. The minimum Gasteiger partial charge on any atom is -0.383 e. The van der Waals surface area contributed by atoms with Gasteiger partial charge in [0, 0.05) is 66.1 Å². The molecule has 0 saturated heterocycles. The molecule has 5 rings (SSSR count). The number of hydrogen-bond donors (Lipinski definition) is 3. The first-order valence-electron chi connectivity index (χ1n) is 12.1. The third kappa shape index (κ3) is 6.03. The Labute approximate surface area is 225 Å². The van der Waals surface area contributed by atoms with Crippen molar-refractivity contribution in [1.82, 2.24) is 25.5 Å². The van der Waals surface area contributed by atoms with Crippen molar-refractivity contribution in [3.63, 3.8) is 0 Å². The van der Waals surface area contributed by atoms with E-state index < -0.39 is 0 Å². The van der Waals surface area contributed by atoms with E-state index in [1.165, 1.54) is 11.3 Å². The van der Waals surface area contributed by atoms with Crippen LogP contribution in [0.2, 0.25) is 5.02 Å². The van der Waals surface area contributed by atoms with E-state index in [-0.39, 0.29) is 36.3 Å². The lowest BCUT2D eigenvalue weighted by molar-refractivity contribution is 0.0860. The highest BCUT2D eigenvalue weighted by Gasteiger charge is 2.30. The molecule has 2 aromatic heterocycles. The lowest BCUT2D eigenvalue weighted by Crippen LogP contribution is -2.53.